The predicted octanol–water partition coefficient (Wildman–Crippen LogP) is 1.99. The molecule has 0 spiro atoms. The fraction of sp³-hybridized carbons (Fsp3) is 0.364. The van der Waals surface area contributed by atoms with Gasteiger partial charge in [-0.3, -0.25) is 0 Å². The van der Waals surface area contributed by atoms with Crippen molar-refractivity contribution in [3.05, 3.63) is 23.8 Å². The minimum absolute atomic E-state index is 0. The molecule has 5 heteroatoms. The van der Waals surface area contributed by atoms with Crippen LogP contribution in [0.3, 0.4) is 0 Å². The van der Waals surface area contributed by atoms with Gasteiger partial charge in [0.05, 0.1) is 16.9 Å². The summed E-state index contributed by atoms with van der Waals surface area (Å²) >= 11 is 0. The predicted molar refractivity (Wildman–Crippen MR) is 66.5 cm³/mol. The van der Waals surface area contributed by atoms with Gasteiger partial charge in [-0.1, -0.05) is 0 Å². The number of nitrogen functional groups attached to an aromatic ring is 1. The van der Waals surface area contributed by atoms with E-state index in [2.05, 4.69) is 4.90 Å². The van der Waals surface area contributed by atoms with Gasteiger partial charge in [0.1, 0.15) is 0 Å². The van der Waals surface area contributed by atoms with E-state index in [0.29, 0.717) is 5.69 Å². The van der Waals surface area contributed by atoms with Crippen LogP contribution in [0.2, 0.25) is 0 Å². The Morgan fingerprint density at radius 2 is 1.94 bits per heavy atom. The number of halogens is 1. The third-order valence-corrected chi connectivity index (χ3v) is 2.72. The van der Waals surface area contributed by atoms with Gasteiger partial charge in [0.2, 0.25) is 0 Å². The highest BCUT2D eigenvalue weighted by Gasteiger charge is 2.15. The first-order valence-corrected chi connectivity index (χ1v) is 5.06. The standard InChI is InChI=1S/C11H14N2O2.ClH/c12-9-7-8(11(14)15)3-4-10(9)13-5-1-2-6-13;/h3-4,7H,1-2,5-6,12H2,(H,14,15);1H. The topological polar surface area (TPSA) is 66.6 Å². The Morgan fingerprint density at radius 3 is 2.44 bits per heavy atom. The minimum atomic E-state index is -0.935. The molecular weight excluding hydrogens is 228 g/mol. The number of anilines is 2. The molecule has 0 radical (unpaired) electrons. The van der Waals surface area contributed by atoms with E-state index in [0.717, 1.165) is 18.8 Å². The van der Waals surface area contributed by atoms with Gasteiger partial charge >= 0.3 is 5.97 Å². The molecule has 0 bridgehead atoms. The average Bonchev–Trinajstić information content (AvgIpc) is 2.70. The van der Waals surface area contributed by atoms with Crippen molar-refractivity contribution in [2.24, 2.45) is 0 Å². The molecule has 2 rings (SSSR count). The van der Waals surface area contributed by atoms with Gasteiger partial charge in [0.25, 0.3) is 0 Å². The van der Waals surface area contributed by atoms with E-state index in [1.807, 2.05) is 0 Å². The maximum atomic E-state index is 10.7. The van der Waals surface area contributed by atoms with Gasteiger partial charge in [-0.2, -0.15) is 0 Å². The Balaban J connectivity index is 0.00000128. The summed E-state index contributed by atoms with van der Waals surface area (Å²) in [7, 11) is 0. The second kappa shape index (κ2) is 5.07. The second-order valence-corrected chi connectivity index (χ2v) is 3.77. The molecule has 0 aliphatic carbocycles. The number of benzene rings is 1. The Kier molecular flexibility index (Phi) is 4.01. The zero-order valence-corrected chi connectivity index (χ0v) is 9.67. The molecule has 1 saturated heterocycles. The number of nitrogens with zero attached hydrogens (tertiary/aromatic N) is 1. The molecule has 16 heavy (non-hydrogen) atoms. The molecule has 88 valence electrons. The van der Waals surface area contributed by atoms with Gasteiger partial charge in [0, 0.05) is 13.1 Å². The summed E-state index contributed by atoms with van der Waals surface area (Å²) in [6.45, 7) is 2.02. The molecule has 1 fully saturated rings. The number of carboxylic acids is 1. The number of carboxylic acid groups (broad SMARTS) is 1. The van der Waals surface area contributed by atoms with E-state index in [-0.39, 0.29) is 18.0 Å². The lowest BCUT2D eigenvalue weighted by Crippen LogP contribution is -2.19. The summed E-state index contributed by atoms with van der Waals surface area (Å²) in [5.41, 5.74) is 7.59. The summed E-state index contributed by atoms with van der Waals surface area (Å²) in [6, 6.07) is 4.92. The molecule has 1 aromatic carbocycles. The maximum Gasteiger partial charge on any atom is 0.335 e. The zero-order valence-electron chi connectivity index (χ0n) is 8.85. The van der Waals surface area contributed by atoms with Crippen molar-refractivity contribution < 1.29 is 9.90 Å². The summed E-state index contributed by atoms with van der Waals surface area (Å²) in [5, 5.41) is 8.80. The summed E-state index contributed by atoms with van der Waals surface area (Å²) in [4.78, 5) is 12.9. The maximum absolute atomic E-state index is 10.7. The molecular formula is C11H15ClN2O2. The Morgan fingerprint density at radius 1 is 1.31 bits per heavy atom. The molecule has 1 heterocycles. The van der Waals surface area contributed by atoms with E-state index in [9.17, 15) is 4.79 Å². The first kappa shape index (κ1) is 12.6. The number of hydrogen-bond donors (Lipinski definition) is 2. The van der Waals surface area contributed by atoms with Gasteiger partial charge in [-0.05, 0) is 31.0 Å². The summed E-state index contributed by atoms with van der Waals surface area (Å²) in [6.07, 6.45) is 2.36. The Labute approximate surface area is 100 Å². The van der Waals surface area contributed by atoms with Crippen LogP contribution >= 0.6 is 12.4 Å². The zero-order chi connectivity index (χ0) is 10.8. The first-order valence-electron chi connectivity index (χ1n) is 5.06. The molecule has 4 nitrogen and oxygen atoms in total. The van der Waals surface area contributed by atoms with Crippen molar-refractivity contribution in [3.8, 4) is 0 Å². The molecule has 0 aromatic heterocycles. The number of nitrogens with two attached hydrogens (primary N) is 1. The van der Waals surface area contributed by atoms with E-state index in [1.165, 1.54) is 18.9 Å². The number of carbonyl (C=O) groups is 1. The highest BCUT2D eigenvalue weighted by atomic mass is 35.5. The van der Waals surface area contributed by atoms with E-state index in [1.54, 1.807) is 12.1 Å². The molecule has 3 N–H and O–H groups in total. The molecule has 1 aromatic rings. The van der Waals surface area contributed by atoms with Crippen LogP contribution < -0.4 is 10.6 Å². The van der Waals surface area contributed by atoms with Crippen molar-refractivity contribution in [1.29, 1.82) is 0 Å². The fourth-order valence-electron chi connectivity index (χ4n) is 1.93. The number of aromatic carboxylic acids is 1. The number of hydrogen-bond acceptors (Lipinski definition) is 3. The Hall–Kier alpha value is -1.42. The van der Waals surface area contributed by atoms with Crippen LogP contribution in [0.4, 0.5) is 11.4 Å². The van der Waals surface area contributed by atoms with E-state index < -0.39 is 5.97 Å². The van der Waals surface area contributed by atoms with E-state index in [4.69, 9.17) is 10.8 Å². The average molecular weight is 243 g/mol. The van der Waals surface area contributed by atoms with Gasteiger partial charge in [0.15, 0.2) is 0 Å². The number of rotatable bonds is 2. The van der Waals surface area contributed by atoms with Crippen molar-refractivity contribution in [2.45, 2.75) is 12.8 Å². The van der Waals surface area contributed by atoms with E-state index >= 15 is 0 Å². The van der Waals surface area contributed by atoms with Crippen molar-refractivity contribution in [1.82, 2.24) is 0 Å². The van der Waals surface area contributed by atoms with Crippen molar-refractivity contribution in [2.75, 3.05) is 23.7 Å². The fourth-order valence-corrected chi connectivity index (χ4v) is 1.93. The molecule has 0 amide bonds. The van der Waals surface area contributed by atoms with Crippen molar-refractivity contribution >= 4 is 29.8 Å². The van der Waals surface area contributed by atoms with Gasteiger partial charge in [-0.15, -0.1) is 12.4 Å². The monoisotopic (exact) mass is 242 g/mol. The van der Waals surface area contributed by atoms with Gasteiger partial charge < -0.3 is 15.7 Å². The third kappa shape index (κ3) is 2.39. The van der Waals surface area contributed by atoms with Crippen LogP contribution in [0.1, 0.15) is 23.2 Å². The largest absolute Gasteiger partial charge is 0.478 e. The van der Waals surface area contributed by atoms with Crippen LogP contribution in [0.15, 0.2) is 18.2 Å². The lowest BCUT2D eigenvalue weighted by Gasteiger charge is -2.19. The van der Waals surface area contributed by atoms with Crippen LogP contribution in [-0.4, -0.2) is 24.2 Å². The summed E-state index contributed by atoms with van der Waals surface area (Å²) in [5.74, 6) is -0.935. The lowest BCUT2D eigenvalue weighted by atomic mass is 10.1. The quantitative estimate of drug-likeness (QED) is 0.779. The molecule has 1 aliphatic heterocycles. The van der Waals surface area contributed by atoms with Crippen molar-refractivity contribution in [3.63, 3.8) is 0 Å². The Bertz CT molecular complexity index is 390. The SMILES string of the molecule is Cl.Nc1cc(C(=O)O)ccc1N1CCCC1. The molecule has 0 atom stereocenters. The van der Waals surface area contributed by atoms with Crippen LogP contribution in [0.5, 0.6) is 0 Å². The summed E-state index contributed by atoms with van der Waals surface area (Å²) < 4.78 is 0. The van der Waals surface area contributed by atoms with Crippen LogP contribution in [-0.2, 0) is 0 Å². The van der Waals surface area contributed by atoms with Crippen LogP contribution in [0.25, 0.3) is 0 Å². The smallest absolute Gasteiger partial charge is 0.335 e. The van der Waals surface area contributed by atoms with Gasteiger partial charge in [-0.25, -0.2) is 4.79 Å². The molecule has 0 unspecified atom stereocenters. The second-order valence-electron chi connectivity index (χ2n) is 3.77. The molecule has 0 saturated carbocycles. The van der Waals surface area contributed by atoms with Crippen LogP contribution in [0, 0.1) is 0 Å². The first-order chi connectivity index (χ1) is 7.18. The third-order valence-electron chi connectivity index (χ3n) is 2.72. The highest BCUT2D eigenvalue weighted by molar-refractivity contribution is 5.90. The molecule has 1 aliphatic rings. The highest BCUT2D eigenvalue weighted by Crippen LogP contribution is 2.27. The minimum Gasteiger partial charge on any atom is -0.478 e. The lowest BCUT2D eigenvalue weighted by molar-refractivity contribution is 0.0697. The normalized spacial score (nSPS) is 14.6.